The number of rotatable bonds is 18. The van der Waals surface area contributed by atoms with Crippen molar-refractivity contribution in [3.8, 4) is 6.07 Å². The molecule has 3 aliphatic rings. The van der Waals surface area contributed by atoms with Crippen LogP contribution in [0.4, 0.5) is 8.78 Å². The van der Waals surface area contributed by atoms with Crippen molar-refractivity contribution >= 4 is 80.5 Å². The van der Waals surface area contributed by atoms with E-state index in [1.807, 2.05) is 58.0 Å². The number of hydrogen-bond acceptors (Lipinski definition) is 12. The Labute approximate surface area is 386 Å². The molecule has 1 aromatic heterocycles. The van der Waals surface area contributed by atoms with Gasteiger partial charge in [0.1, 0.15) is 12.1 Å². The van der Waals surface area contributed by atoms with Gasteiger partial charge in [0.2, 0.25) is 11.8 Å². The second kappa shape index (κ2) is 22.2. The molecule has 0 saturated carbocycles. The number of hydrogen-bond donors (Lipinski definition) is 1. The van der Waals surface area contributed by atoms with Crippen LogP contribution in [-0.2, 0) is 38.5 Å². The molecule has 3 aliphatic heterocycles. The zero-order valence-corrected chi connectivity index (χ0v) is 40.0. The first-order chi connectivity index (χ1) is 30.5. The van der Waals surface area contributed by atoms with Gasteiger partial charge in [-0.25, -0.2) is 0 Å². The van der Waals surface area contributed by atoms with Crippen molar-refractivity contribution in [3.63, 3.8) is 0 Å². The number of carbonyl (C=O) groups is 5. The third kappa shape index (κ3) is 12.0. The number of nitrogens with one attached hydrogen (secondary N) is 1. The third-order valence-corrected chi connectivity index (χ3v) is 16.6. The Morgan fingerprint density at radius 3 is 2.17 bits per heavy atom. The molecule has 12 nitrogen and oxygen atoms in total. The van der Waals surface area contributed by atoms with E-state index in [2.05, 4.69) is 11.4 Å². The summed E-state index contributed by atoms with van der Waals surface area (Å²) in [5.41, 5.74) is -3.83. The van der Waals surface area contributed by atoms with E-state index in [9.17, 15) is 33.8 Å². The number of benzene rings is 2. The van der Waals surface area contributed by atoms with E-state index in [0.717, 1.165) is 65.4 Å². The van der Waals surface area contributed by atoms with Gasteiger partial charge >= 0.3 is 13.3 Å². The molecule has 1 N–H and O–H groups in total. The lowest BCUT2D eigenvalue weighted by molar-refractivity contribution is -0.146. The fraction of sp³-hybridized carbons (Fsp3) is 0.565. The molecule has 3 amide bonds. The Morgan fingerprint density at radius 1 is 0.906 bits per heavy atom. The SMILES string of the molecule is CC(C)CC(=O)SCCOP(=O)(OCCSC(=O)CC(C)C)C(F)(F)c1ccc2sc(C(=O)N[C@H]3CCCC[C@H]4CC[C@@H](C(=O)N5C[C@H](c6ccccc6)[C@@H](C#N)C5)N4C3=O)cc2c1. The maximum atomic E-state index is 16.4. The molecule has 346 valence electrons. The molecule has 3 aromatic rings. The molecule has 2 aromatic carbocycles. The lowest BCUT2D eigenvalue weighted by Crippen LogP contribution is -2.56. The highest BCUT2D eigenvalue weighted by atomic mass is 32.2. The summed E-state index contributed by atoms with van der Waals surface area (Å²) in [4.78, 5) is 70.4. The molecular formula is C46H57F2N4O8PS3. The van der Waals surface area contributed by atoms with Crippen LogP contribution >= 0.6 is 42.5 Å². The molecular weight excluding hydrogens is 902 g/mol. The largest absolute Gasteiger partial charge is 0.404 e. The average molecular weight is 959 g/mol. The lowest BCUT2D eigenvalue weighted by atomic mass is 9.90. The summed E-state index contributed by atoms with van der Waals surface area (Å²) < 4.78 is 58.1. The molecule has 64 heavy (non-hydrogen) atoms. The van der Waals surface area contributed by atoms with Gasteiger partial charge in [0.15, 0.2) is 10.2 Å². The molecule has 3 fully saturated rings. The highest BCUT2D eigenvalue weighted by Gasteiger charge is 2.55. The molecule has 0 spiro atoms. The van der Waals surface area contributed by atoms with Crippen molar-refractivity contribution in [2.75, 3.05) is 37.8 Å². The molecule has 0 aliphatic carbocycles. The van der Waals surface area contributed by atoms with Gasteiger partial charge in [-0.15, -0.1) is 11.3 Å². The quantitative estimate of drug-likeness (QED) is 0.0954. The molecule has 18 heteroatoms. The minimum atomic E-state index is -5.24. The Bertz CT molecular complexity index is 2220. The van der Waals surface area contributed by atoms with Crippen molar-refractivity contribution in [1.82, 2.24) is 15.1 Å². The fourth-order valence-electron chi connectivity index (χ4n) is 8.61. The number of thiophene rings is 1. The Hall–Kier alpha value is -3.65. The van der Waals surface area contributed by atoms with Crippen LogP contribution in [0.15, 0.2) is 54.6 Å². The van der Waals surface area contributed by atoms with E-state index in [4.69, 9.17) is 9.05 Å². The predicted molar refractivity (Wildman–Crippen MR) is 247 cm³/mol. The fourth-order valence-corrected chi connectivity index (χ4v) is 13.0. The summed E-state index contributed by atoms with van der Waals surface area (Å²) in [5, 5.41) is 12.8. The van der Waals surface area contributed by atoms with Gasteiger partial charge in [-0.1, -0.05) is 100 Å². The summed E-state index contributed by atoms with van der Waals surface area (Å²) in [6.07, 6.45) is 4.30. The van der Waals surface area contributed by atoms with Crippen LogP contribution < -0.4 is 5.32 Å². The minimum Gasteiger partial charge on any atom is -0.340 e. The minimum absolute atomic E-state index is 0.0199. The predicted octanol–water partition coefficient (Wildman–Crippen LogP) is 9.59. The van der Waals surface area contributed by atoms with Crippen LogP contribution in [0.2, 0.25) is 0 Å². The summed E-state index contributed by atoms with van der Waals surface area (Å²) >= 11 is 2.85. The van der Waals surface area contributed by atoms with Gasteiger partial charge in [-0.2, -0.15) is 14.0 Å². The first-order valence-corrected chi connectivity index (χ1v) is 26.3. The summed E-state index contributed by atoms with van der Waals surface area (Å²) in [7, 11) is -5.24. The van der Waals surface area contributed by atoms with Crippen LogP contribution in [0.25, 0.3) is 10.1 Å². The Morgan fingerprint density at radius 2 is 1.55 bits per heavy atom. The monoisotopic (exact) mass is 958 g/mol. The van der Waals surface area contributed by atoms with Gasteiger partial charge < -0.3 is 24.2 Å². The van der Waals surface area contributed by atoms with Crippen molar-refractivity contribution in [2.45, 2.75) is 109 Å². The summed E-state index contributed by atoms with van der Waals surface area (Å²) in [6.45, 7) is 7.28. The summed E-state index contributed by atoms with van der Waals surface area (Å²) in [6, 6.07) is 15.3. The van der Waals surface area contributed by atoms with E-state index < -0.39 is 50.0 Å². The molecule has 6 rings (SSSR count). The van der Waals surface area contributed by atoms with Crippen molar-refractivity contribution in [3.05, 3.63) is 70.6 Å². The zero-order valence-electron chi connectivity index (χ0n) is 36.7. The second-order valence-corrected chi connectivity index (χ2v) is 23.0. The van der Waals surface area contributed by atoms with Gasteiger partial charge in [-0.05, 0) is 66.7 Å². The number of nitriles is 1. The number of thioether (sulfide) groups is 2. The first kappa shape index (κ1) is 49.8. The molecule has 4 heterocycles. The Kier molecular flexibility index (Phi) is 17.3. The van der Waals surface area contributed by atoms with Crippen LogP contribution in [0.1, 0.15) is 106 Å². The Balaban J connectivity index is 1.15. The van der Waals surface area contributed by atoms with Gasteiger partial charge in [0.05, 0.1) is 30.1 Å². The van der Waals surface area contributed by atoms with Crippen LogP contribution in [0.5, 0.6) is 0 Å². The first-order valence-electron chi connectivity index (χ1n) is 22.0. The van der Waals surface area contributed by atoms with Crippen molar-refractivity contribution in [1.29, 1.82) is 5.26 Å². The average Bonchev–Trinajstić information content (AvgIpc) is 4.01. The molecule has 3 saturated heterocycles. The zero-order chi connectivity index (χ0) is 46.2. The highest BCUT2D eigenvalue weighted by molar-refractivity contribution is 8.13. The van der Waals surface area contributed by atoms with E-state index in [0.29, 0.717) is 36.9 Å². The van der Waals surface area contributed by atoms with Crippen LogP contribution in [0.3, 0.4) is 0 Å². The lowest BCUT2D eigenvalue weighted by Gasteiger charge is -2.36. The van der Waals surface area contributed by atoms with Gasteiger partial charge in [0.25, 0.3) is 5.91 Å². The van der Waals surface area contributed by atoms with Crippen molar-refractivity contribution < 1.29 is 46.4 Å². The topological polar surface area (TPSA) is 163 Å². The number of alkyl halides is 2. The second-order valence-electron chi connectivity index (χ2n) is 17.5. The maximum Gasteiger partial charge on any atom is 0.404 e. The third-order valence-electron chi connectivity index (χ3n) is 11.7. The molecule has 0 radical (unpaired) electrons. The summed E-state index contributed by atoms with van der Waals surface area (Å²) in [5.74, 6) is -1.44. The van der Waals surface area contributed by atoms with Gasteiger partial charge in [0, 0.05) is 59.7 Å². The van der Waals surface area contributed by atoms with E-state index in [1.165, 1.54) is 12.1 Å². The van der Waals surface area contributed by atoms with Crippen LogP contribution in [-0.4, -0.2) is 93.7 Å². The molecule has 5 atom stereocenters. The van der Waals surface area contributed by atoms with Crippen LogP contribution in [0, 0.1) is 29.1 Å². The normalized spacial score (nSPS) is 21.8. The molecule has 0 unspecified atom stereocenters. The standard InChI is InChI=1S/C46H57F2N4O8PS3/c1-29(2)22-41(53)62-20-18-59-61(58,60-19-21-63-42(54)23-30(3)4)46(47,48)34-14-17-39-32(24-34)25-40(64-39)43(55)50-37-13-9-8-12-35-15-16-38(52(35)44(37)56)45(57)51-27-33(26-49)36(28-51)31-10-6-5-7-11-31/h5-7,10-11,14,17,24-25,29-30,33,35-38H,8-9,12-13,15-16,18-23,27-28H2,1-4H3,(H,50,55)/t33-,35-,36+,37-,38-/m0/s1. The number of fused-ring (bicyclic) bond motifs is 2. The number of carbonyl (C=O) groups excluding carboxylic acids is 5. The van der Waals surface area contributed by atoms with E-state index >= 15 is 8.78 Å². The van der Waals surface area contributed by atoms with E-state index in [1.54, 1.807) is 9.80 Å². The number of likely N-dealkylation sites (tertiary alicyclic amines) is 1. The maximum absolute atomic E-state index is 16.4. The molecule has 0 bridgehead atoms. The van der Waals surface area contributed by atoms with E-state index in [-0.39, 0.29) is 92.9 Å². The highest BCUT2D eigenvalue weighted by Crippen LogP contribution is 2.67. The van der Waals surface area contributed by atoms with Gasteiger partial charge in [-0.3, -0.25) is 28.5 Å². The number of amides is 3. The smallest absolute Gasteiger partial charge is 0.340 e. The number of nitrogens with zero attached hydrogens (tertiary/aromatic N) is 3. The van der Waals surface area contributed by atoms with Crippen molar-refractivity contribution in [2.24, 2.45) is 17.8 Å². The number of halogens is 2.